The maximum absolute atomic E-state index is 9.64. The number of aromatic nitrogens is 1. The molecule has 1 aromatic rings. The molecule has 0 amide bonds. The Balaban J connectivity index is 2.18. The second-order valence-electron chi connectivity index (χ2n) is 3.89. The first-order chi connectivity index (χ1) is 6.74. The van der Waals surface area contributed by atoms with E-state index in [1.54, 1.807) is 0 Å². The number of aromatic hydroxyl groups is 2. The Morgan fingerprint density at radius 1 is 1.36 bits per heavy atom. The van der Waals surface area contributed by atoms with Crippen LogP contribution in [0.4, 0.5) is 0 Å². The summed E-state index contributed by atoms with van der Waals surface area (Å²) in [6.07, 6.45) is 2.87. The molecule has 2 N–H and O–H groups in total. The number of hydrogen-bond acceptors (Lipinski definition) is 4. The van der Waals surface area contributed by atoms with Crippen molar-refractivity contribution in [2.75, 3.05) is 0 Å². The van der Waals surface area contributed by atoms with Crippen molar-refractivity contribution in [3.8, 4) is 11.6 Å². The number of hydrogen-bond donors (Lipinski definition) is 2. The number of pyridine rings is 1. The normalized spacial score (nSPS) is 28.9. The topological polar surface area (TPSA) is 62.6 Å². The van der Waals surface area contributed by atoms with Gasteiger partial charge in [0.15, 0.2) is 0 Å². The van der Waals surface area contributed by atoms with Crippen molar-refractivity contribution in [2.45, 2.75) is 31.5 Å². The number of rotatable bonds is 0. The SMILES string of the molecule is Oc1cc(O)c2c(n1)C1CCC(C2)O1. The fourth-order valence-corrected chi connectivity index (χ4v) is 2.32. The molecule has 74 valence electrons. The van der Waals surface area contributed by atoms with Gasteiger partial charge in [-0.05, 0) is 12.8 Å². The molecule has 2 aliphatic rings. The van der Waals surface area contributed by atoms with Gasteiger partial charge in [0, 0.05) is 18.1 Å². The van der Waals surface area contributed by atoms with Crippen LogP contribution in [0.2, 0.25) is 0 Å². The van der Waals surface area contributed by atoms with E-state index in [9.17, 15) is 10.2 Å². The summed E-state index contributed by atoms with van der Waals surface area (Å²) < 4.78 is 5.65. The number of nitrogens with zero attached hydrogens (tertiary/aromatic N) is 1. The van der Waals surface area contributed by atoms with Gasteiger partial charge in [-0.2, -0.15) is 0 Å². The zero-order valence-corrected chi connectivity index (χ0v) is 7.60. The molecule has 0 aliphatic carbocycles. The lowest BCUT2D eigenvalue weighted by Crippen LogP contribution is -2.19. The van der Waals surface area contributed by atoms with E-state index in [0.717, 1.165) is 24.1 Å². The molecule has 0 spiro atoms. The summed E-state index contributed by atoms with van der Waals surface area (Å²) in [6, 6.07) is 1.30. The van der Waals surface area contributed by atoms with Crippen molar-refractivity contribution in [1.29, 1.82) is 0 Å². The molecular formula is C10H11NO3. The molecule has 4 nitrogen and oxygen atoms in total. The van der Waals surface area contributed by atoms with E-state index in [4.69, 9.17) is 4.74 Å². The van der Waals surface area contributed by atoms with Crippen molar-refractivity contribution in [3.05, 3.63) is 17.3 Å². The highest BCUT2D eigenvalue weighted by Gasteiger charge is 2.36. The molecule has 1 fully saturated rings. The summed E-state index contributed by atoms with van der Waals surface area (Å²) in [4.78, 5) is 4.02. The molecule has 0 radical (unpaired) electrons. The monoisotopic (exact) mass is 193 g/mol. The van der Waals surface area contributed by atoms with E-state index in [-0.39, 0.29) is 23.8 Å². The maximum atomic E-state index is 9.64. The average Bonchev–Trinajstić information content (AvgIpc) is 2.52. The Labute approximate surface area is 81.2 Å². The highest BCUT2D eigenvalue weighted by molar-refractivity contribution is 5.42. The summed E-state index contributed by atoms with van der Waals surface area (Å²) in [6.45, 7) is 0. The van der Waals surface area contributed by atoms with Crippen LogP contribution in [0.25, 0.3) is 0 Å². The van der Waals surface area contributed by atoms with Gasteiger partial charge in [0.2, 0.25) is 5.88 Å². The second kappa shape index (κ2) is 2.60. The van der Waals surface area contributed by atoms with Crippen LogP contribution in [0.5, 0.6) is 11.6 Å². The van der Waals surface area contributed by atoms with Crippen molar-refractivity contribution < 1.29 is 14.9 Å². The molecule has 1 aromatic heterocycles. The predicted molar refractivity (Wildman–Crippen MR) is 48.1 cm³/mol. The van der Waals surface area contributed by atoms with Gasteiger partial charge in [-0.15, -0.1) is 0 Å². The van der Waals surface area contributed by atoms with Crippen molar-refractivity contribution in [2.24, 2.45) is 0 Å². The summed E-state index contributed by atoms with van der Waals surface area (Å²) in [7, 11) is 0. The lowest BCUT2D eigenvalue weighted by atomic mass is 10.0. The second-order valence-corrected chi connectivity index (χ2v) is 3.89. The van der Waals surface area contributed by atoms with Crippen LogP contribution in [0.1, 0.15) is 30.2 Å². The van der Waals surface area contributed by atoms with E-state index in [1.807, 2.05) is 0 Å². The Hall–Kier alpha value is -1.29. The summed E-state index contributed by atoms with van der Waals surface area (Å²) in [5, 5.41) is 18.9. The minimum absolute atomic E-state index is 0.0262. The zero-order valence-electron chi connectivity index (χ0n) is 7.60. The third-order valence-corrected chi connectivity index (χ3v) is 2.96. The number of ether oxygens (including phenoxy) is 1. The first-order valence-corrected chi connectivity index (χ1v) is 4.81. The molecule has 4 heteroatoms. The van der Waals surface area contributed by atoms with E-state index in [0.29, 0.717) is 6.42 Å². The molecule has 3 rings (SSSR count). The van der Waals surface area contributed by atoms with Gasteiger partial charge in [0.05, 0.1) is 11.8 Å². The van der Waals surface area contributed by atoms with Gasteiger partial charge in [0.1, 0.15) is 11.9 Å². The molecule has 1 saturated heterocycles. The Morgan fingerprint density at radius 2 is 2.21 bits per heavy atom. The fraction of sp³-hybridized carbons (Fsp3) is 0.500. The minimum Gasteiger partial charge on any atom is -0.507 e. The molecule has 0 aromatic carbocycles. The first-order valence-electron chi connectivity index (χ1n) is 4.81. The Bertz CT molecular complexity index is 391. The summed E-state index contributed by atoms with van der Waals surface area (Å²) >= 11 is 0. The quantitative estimate of drug-likeness (QED) is 0.651. The molecule has 14 heavy (non-hydrogen) atoms. The van der Waals surface area contributed by atoms with Gasteiger partial charge in [-0.3, -0.25) is 0 Å². The van der Waals surface area contributed by atoms with Crippen LogP contribution >= 0.6 is 0 Å². The molecular weight excluding hydrogens is 182 g/mol. The average molecular weight is 193 g/mol. The lowest BCUT2D eigenvalue weighted by Gasteiger charge is -2.23. The molecule has 2 unspecified atom stereocenters. The summed E-state index contributed by atoms with van der Waals surface area (Å²) in [5.41, 5.74) is 1.57. The van der Waals surface area contributed by atoms with Crippen LogP contribution in [0.3, 0.4) is 0 Å². The van der Waals surface area contributed by atoms with Crippen molar-refractivity contribution in [1.82, 2.24) is 4.98 Å². The van der Waals surface area contributed by atoms with Gasteiger partial charge in [-0.25, -0.2) is 4.98 Å². The van der Waals surface area contributed by atoms with Crippen LogP contribution in [-0.4, -0.2) is 21.3 Å². The third kappa shape index (κ3) is 1.00. The van der Waals surface area contributed by atoms with Crippen LogP contribution in [0, 0.1) is 0 Å². The molecule has 0 saturated carbocycles. The van der Waals surface area contributed by atoms with Crippen LogP contribution in [0.15, 0.2) is 6.07 Å². The predicted octanol–water partition coefficient (Wildman–Crippen LogP) is 1.27. The maximum Gasteiger partial charge on any atom is 0.214 e. The van der Waals surface area contributed by atoms with Gasteiger partial charge >= 0.3 is 0 Å². The smallest absolute Gasteiger partial charge is 0.214 e. The van der Waals surface area contributed by atoms with E-state index < -0.39 is 0 Å². The largest absolute Gasteiger partial charge is 0.507 e. The Morgan fingerprint density at radius 3 is 3.07 bits per heavy atom. The molecule has 2 atom stereocenters. The lowest BCUT2D eigenvalue weighted by molar-refractivity contribution is 0.0282. The fourth-order valence-electron chi connectivity index (χ4n) is 2.32. The molecule has 2 bridgehead atoms. The van der Waals surface area contributed by atoms with Crippen LogP contribution in [-0.2, 0) is 11.2 Å². The standard InChI is InChI=1S/C10H11NO3/c12-7-4-9(13)11-10-6(7)3-5-1-2-8(10)14-5/h4-5,8H,1-3H2,(H2,11,12,13). The molecule has 3 heterocycles. The van der Waals surface area contributed by atoms with Gasteiger partial charge < -0.3 is 14.9 Å². The van der Waals surface area contributed by atoms with E-state index >= 15 is 0 Å². The van der Waals surface area contributed by atoms with Crippen LogP contribution < -0.4 is 0 Å². The van der Waals surface area contributed by atoms with E-state index in [1.165, 1.54) is 6.07 Å². The van der Waals surface area contributed by atoms with Crippen molar-refractivity contribution >= 4 is 0 Å². The number of fused-ring (bicyclic) bond motifs is 4. The van der Waals surface area contributed by atoms with Gasteiger partial charge in [-0.1, -0.05) is 0 Å². The Kier molecular flexibility index (Phi) is 1.50. The summed E-state index contributed by atoms with van der Waals surface area (Å²) in [5.74, 6) is 0.0166. The highest BCUT2D eigenvalue weighted by atomic mass is 16.5. The minimum atomic E-state index is -0.129. The zero-order chi connectivity index (χ0) is 9.71. The van der Waals surface area contributed by atoms with Crippen molar-refractivity contribution in [3.63, 3.8) is 0 Å². The third-order valence-electron chi connectivity index (χ3n) is 2.96. The highest BCUT2D eigenvalue weighted by Crippen LogP contribution is 2.43. The molecule has 2 aliphatic heterocycles. The van der Waals surface area contributed by atoms with Gasteiger partial charge in [0.25, 0.3) is 0 Å². The first kappa shape index (κ1) is 8.05. The van der Waals surface area contributed by atoms with E-state index in [2.05, 4.69) is 4.98 Å².